The lowest BCUT2D eigenvalue weighted by atomic mass is 9.95. The quantitative estimate of drug-likeness (QED) is 0.207. The lowest BCUT2D eigenvalue weighted by Gasteiger charge is -2.10. The van der Waals surface area contributed by atoms with E-state index < -0.39 is 0 Å². The molecule has 0 radical (unpaired) electrons. The minimum atomic E-state index is 1.03. The average molecular weight is 548 g/mol. The zero-order valence-electron chi connectivity index (χ0n) is 24.0. The Kier molecular flexibility index (Phi) is 5.24. The third-order valence-corrected chi connectivity index (χ3v) is 9.34. The predicted molar refractivity (Wildman–Crippen MR) is 182 cm³/mol. The molecule has 0 spiro atoms. The standard InChI is InChI=1S/C42H29N/c1-27-8-7-10-34-24-33-19-18-31(25-37(33)41(27)34)28-14-16-29(17-15-28)32-21-22-39-38(26-32)42-36-13-6-5-9-30(36)20-23-40(42)43(39)35-11-3-2-4-12-35/h2-23,25-26H,24H2,1H3. The van der Waals surface area contributed by atoms with Gasteiger partial charge in [-0.2, -0.15) is 0 Å². The summed E-state index contributed by atoms with van der Waals surface area (Å²) < 4.78 is 2.40. The zero-order valence-corrected chi connectivity index (χ0v) is 24.0. The topological polar surface area (TPSA) is 4.93 Å². The van der Waals surface area contributed by atoms with Gasteiger partial charge in [0.1, 0.15) is 0 Å². The highest BCUT2D eigenvalue weighted by molar-refractivity contribution is 6.21. The van der Waals surface area contributed by atoms with Crippen LogP contribution in [0.15, 0.2) is 146 Å². The van der Waals surface area contributed by atoms with E-state index in [2.05, 4.69) is 157 Å². The highest BCUT2D eigenvalue weighted by Gasteiger charge is 2.20. The fraction of sp³-hybridized carbons (Fsp3) is 0.0476. The second kappa shape index (κ2) is 9.31. The van der Waals surface area contributed by atoms with E-state index in [0.717, 1.165) is 6.42 Å². The van der Waals surface area contributed by atoms with Crippen LogP contribution in [-0.4, -0.2) is 4.57 Å². The van der Waals surface area contributed by atoms with Gasteiger partial charge < -0.3 is 4.57 Å². The maximum Gasteiger partial charge on any atom is 0.0547 e. The second-order valence-corrected chi connectivity index (χ2v) is 11.8. The van der Waals surface area contributed by atoms with E-state index in [1.807, 2.05) is 0 Å². The van der Waals surface area contributed by atoms with Crippen molar-refractivity contribution in [2.45, 2.75) is 13.3 Å². The Balaban J connectivity index is 1.17. The van der Waals surface area contributed by atoms with Crippen LogP contribution in [0.25, 0.3) is 71.6 Å². The smallest absolute Gasteiger partial charge is 0.0547 e. The maximum atomic E-state index is 2.40. The first-order valence-corrected chi connectivity index (χ1v) is 15.1. The van der Waals surface area contributed by atoms with E-state index in [9.17, 15) is 0 Å². The molecule has 0 aliphatic heterocycles. The van der Waals surface area contributed by atoms with Gasteiger partial charge in [0.2, 0.25) is 0 Å². The first-order chi connectivity index (χ1) is 21.2. The van der Waals surface area contributed by atoms with Crippen LogP contribution < -0.4 is 0 Å². The molecule has 1 aliphatic rings. The molecule has 1 aromatic heterocycles. The molecule has 0 amide bonds. The van der Waals surface area contributed by atoms with Gasteiger partial charge in [0.05, 0.1) is 11.0 Å². The molecule has 0 fully saturated rings. The number of hydrogen-bond acceptors (Lipinski definition) is 0. The number of para-hydroxylation sites is 1. The molecule has 1 aliphatic carbocycles. The fourth-order valence-corrected chi connectivity index (χ4v) is 7.29. The number of benzene rings is 7. The summed E-state index contributed by atoms with van der Waals surface area (Å²) in [5.74, 6) is 0. The van der Waals surface area contributed by atoms with Gasteiger partial charge in [-0.15, -0.1) is 0 Å². The minimum Gasteiger partial charge on any atom is -0.309 e. The molecular formula is C42H29N. The SMILES string of the molecule is Cc1cccc2c1-c1cc(-c3ccc(-c4ccc5c(c4)c4c6ccccc6ccc4n5-c4ccccc4)cc3)ccc1C2. The molecule has 0 bridgehead atoms. The molecule has 1 nitrogen and oxygen atoms in total. The molecule has 9 rings (SSSR count). The Labute approximate surface area is 251 Å². The lowest BCUT2D eigenvalue weighted by Crippen LogP contribution is -1.93. The monoisotopic (exact) mass is 547 g/mol. The second-order valence-electron chi connectivity index (χ2n) is 11.8. The van der Waals surface area contributed by atoms with Crippen molar-refractivity contribution in [3.05, 3.63) is 162 Å². The van der Waals surface area contributed by atoms with Gasteiger partial charge in [0.25, 0.3) is 0 Å². The van der Waals surface area contributed by atoms with Crippen LogP contribution in [0.5, 0.6) is 0 Å². The summed E-state index contributed by atoms with van der Waals surface area (Å²) in [7, 11) is 0. The van der Waals surface area contributed by atoms with Gasteiger partial charge in [-0.05, 0) is 111 Å². The third kappa shape index (κ3) is 3.72. The number of aromatic nitrogens is 1. The molecule has 0 unspecified atom stereocenters. The Morgan fingerprint density at radius 2 is 1.19 bits per heavy atom. The molecule has 1 heterocycles. The fourth-order valence-electron chi connectivity index (χ4n) is 7.29. The van der Waals surface area contributed by atoms with E-state index in [0.29, 0.717) is 0 Å². The van der Waals surface area contributed by atoms with E-state index in [1.54, 1.807) is 0 Å². The summed E-state index contributed by atoms with van der Waals surface area (Å²) in [6, 6.07) is 53.7. The molecule has 0 N–H and O–H groups in total. The van der Waals surface area contributed by atoms with Crippen LogP contribution in [0.4, 0.5) is 0 Å². The van der Waals surface area contributed by atoms with Crippen LogP contribution in [0.1, 0.15) is 16.7 Å². The van der Waals surface area contributed by atoms with Crippen molar-refractivity contribution in [3.63, 3.8) is 0 Å². The van der Waals surface area contributed by atoms with Crippen LogP contribution >= 0.6 is 0 Å². The Morgan fingerprint density at radius 1 is 0.488 bits per heavy atom. The summed E-state index contributed by atoms with van der Waals surface area (Å²) in [5, 5.41) is 5.15. The van der Waals surface area contributed by atoms with Crippen molar-refractivity contribution < 1.29 is 0 Å². The summed E-state index contributed by atoms with van der Waals surface area (Å²) >= 11 is 0. The zero-order chi connectivity index (χ0) is 28.5. The molecule has 0 atom stereocenters. The first-order valence-electron chi connectivity index (χ1n) is 15.1. The van der Waals surface area contributed by atoms with Gasteiger partial charge in [0.15, 0.2) is 0 Å². The van der Waals surface area contributed by atoms with Crippen molar-refractivity contribution in [1.82, 2.24) is 4.57 Å². The summed E-state index contributed by atoms with van der Waals surface area (Å²) in [6.45, 7) is 2.23. The van der Waals surface area contributed by atoms with Crippen LogP contribution in [0, 0.1) is 6.92 Å². The molecular weight excluding hydrogens is 518 g/mol. The first kappa shape index (κ1) is 24.2. The third-order valence-electron chi connectivity index (χ3n) is 9.34. The van der Waals surface area contributed by atoms with Crippen molar-refractivity contribution >= 4 is 32.6 Å². The van der Waals surface area contributed by atoms with Crippen molar-refractivity contribution in [3.8, 4) is 39.1 Å². The molecule has 1 heteroatoms. The van der Waals surface area contributed by atoms with Gasteiger partial charge >= 0.3 is 0 Å². The van der Waals surface area contributed by atoms with Crippen LogP contribution in [0.3, 0.4) is 0 Å². The predicted octanol–water partition coefficient (Wildman–Crippen LogP) is 11.2. The summed E-state index contributed by atoms with van der Waals surface area (Å²) in [6.07, 6.45) is 1.03. The Morgan fingerprint density at radius 3 is 2.02 bits per heavy atom. The number of nitrogens with zero attached hydrogens (tertiary/aromatic N) is 1. The summed E-state index contributed by atoms with van der Waals surface area (Å²) in [5.41, 5.74) is 15.7. The Bertz CT molecular complexity index is 2350. The summed E-state index contributed by atoms with van der Waals surface area (Å²) in [4.78, 5) is 0. The number of rotatable bonds is 3. The number of hydrogen-bond donors (Lipinski definition) is 0. The molecule has 7 aromatic carbocycles. The largest absolute Gasteiger partial charge is 0.309 e. The van der Waals surface area contributed by atoms with Crippen molar-refractivity contribution in [1.29, 1.82) is 0 Å². The molecule has 202 valence electrons. The minimum absolute atomic E-state index is 1.03. The molecule has 0 saturated carbocycles. The highest BCUT2D eigenvalue weighted by Crippen LogP contribution is 2.42. The van der Waals surface area contributed by atoms with Crippen molar-refractivity contribution in [2.75, 3.05) is 0 Å². The molecule has 8 aromatic rings. The van der Waals surface area contributed by atoms with E-state index in [-0.39, 0.29) is 0 Å². The van der Waals surface area contributed by atoms with Crippen molar-refractivity contribution in [2.24, 2.45) is 0 Å². The van der Waals surface area contributed by atoms with Gasteiger partial charge in [-0.1, -0.05) is 109 Å². The number of aryl methyl sites for hydroxylation is 1. The maximum absolute atomic E-state index is 2.40. The molecule has 43 heavy (non-hydrogen) atoms. The van der Waals surface area contributed by atoms with Gasteiger partial charge in [-0.25, -0.2) is 0 Å². The van der Waals surface area contributed by atoms with E-state index in [1.165, 1.54) is 88.3 Å². The average Bonchev–Trinajstić information content (AvgIpc) is 3.61. The number of fused-ring (bicyclic) bond motifs is 8. The Hall–Kier alpha value is -5.40. The molecule has 0 saturated heterocycles. The van der Waals surface area contributed by atoms with E-state index >= 15 is 0 Å². The van der Waals surface area contributed by atoms with Gasteiger partial charge in [0, 0.05) is 16.5 Å². The van der Waals surface area contributed by atoms with Gasteiger partial charge in [-0.3, -0.25) is 0 Å². The lowest BCUT2D eigenvalue weighted by molar-refractivity contribution is 1.18. The normalized spacial score (nSPS) is 12.2. The van der Waals surface area contributed by atoms with E-state index in [4.69, 9.17) is 0 Å². The van der Waals surface area contributed by atoms with Crippen LogP contribution in [-0.2, 0) is 6.42 Å². The highest BCUT2D eigenvalue weighted by atomic mass is 15.0. The van der Waals surface area contributed by atoms with Crippen LogP contribution in [0.2, 0.25) is 0 Å².